The van der Waals surface area contributed by atoms with E-state index in [1.165, 1.54) is 7.11 Å². The number of sulfonamides is 1. The third-order valence-corrected chi connectivity index (χ3v) is 4.47. The molecule has 2 rings (SSSR count). The van der Waals surface area contributed by atoms with Gasteiger partial charge in [-0.2, -0.15) is 0 Å². The normalized spacial score (nSPS) is 13.5. The highest BCUT2D eigenvalue weighted by Gasteiger charge is 2.26. The van der Waals surface area contributed by atoms with E-state index in [1.54, 1.807) is 29.7 Å². The van der Waals surface area contributed by atoms with Crippen molar-refractivity contribution >= 4 is 21.5 Å². The Labute approximate surface area is 124 Å². The Hall–Kier alpha value is -1.64. The van der Waals surface area contributed by atoms with Gasteiger partial charge in [-0.3, -0.25) is 4.40 Å². The van der Waals surface area contributed by atoms with Crippen LogP contribution in [0.25, 0.3) is 5.65 Å². The van der Waals surface area contributed by atoms with Crippen molar-refractivity contribution in [2.45, 2.75) is 24.9 Å². The van der Waals surface area contributed by atoms with E-state index >= 15 is 0 Å². The van der Waals surface area contributed by atoms with Crippen LogP contribution >= 0.6 is 0 Å². The summed E-state index contributed by atoms with van der Waals surface area (Å²) in [5.41, 5.74) is 0.577. The second-order valence-corrected chi connectivity index (χ2v) is 6.33. The van der Waals surface area contributed by atoms with Crippen molar-refractivity contribution in [2.24, 2.45) is 0 Å². The van der Waals surface area contributed by atoms with E-state index in [0.717, 1.165) is 0 Å². The third-order valence-electron chi connectivity index (χ3n) is 2.86. The zero-order valence-electron chi connectivity index (χ0n) is 12.3. The molecular formula is C13H20N4O3S. The standard InChI is InChI=1S/C13H20N4O3S/c1-4-14-12-13(17-8-6-5-7-11(17)15-12)21(18,19)16-10(2)9-20-3/h5-8,10,14,16H,4,9H2,1-3H3. The second kappa shape index (κ2) is 6.42. The van der Waals surface area contributed by atoms with E-state index in [-0.39, 0.29) is 11.1 Å². The van der Waals surface area contributed by atoms with Gasteiger partial charge in [-0.05, 0) is 26.0 Å². The molecule has 2 N–H and O–H groups in total. The first kappa shape index (κ1) is 15.7. The number of fused-ring (bicyclic) bond motifs is 1. The molecule has 0 radical (unpaired) electrons. The molecule has 0 fully saturated rings. The average Bonchev–Trinajstić information content (AvgIpc) is 2.77. The van der Waals surface area contributed by atoms with Gasteiger partial charge in [0.05, 0.1) is 6.61 Å². The molecule has 7 nitrogen and oxygen atoms in total. The van der Waals surface area contributed by atoms with E-state index in [2.05, 4.69) is 15.0 Å². The molecule has 0 bridgehead atoms. The summed E-state index contributed by atoms with van der Waals surface area (Å²) in [5, 5.41) is 3.11. The van der Waals surface area contributed by atoms with Crippen LogP contribution in [0, 0.1) is 0 Å². The Morgan fingerprint density at radius 3 is 2.86 bits per heavy atom. The number of hydrogen-bond acceptors (Lipinski definition) is 5. The maximum absolute atomic E-state index is 12.6. The van der Waals surface area contributed by atoms with Crippen molar-refractivity contribution in [3.63, 3.8) is 0 Å². The first-order valence-corrected chi connectivity index (χ1v) is 8.20. The smallest absolute Gasteiger partial charge is 0.260 e. The van der Waals surface area contributed by atoms with Gasteiger partial charge >= 0.3 is 0 Å². The lowest BCUT2D eigenvalue weighted by Crippen LogP contribution is -2.36. The summed E-state index contributed by atoms with van der Waals surface area (Å²) in [6, 6.07) is 5.01. The van der Waals surface area contributed by atoms with Gasteiger partial charge in [0.25, 0.3) is 10.0 Å². The molecule has 8 heteroatoms. The summed E-state index contributed by atoms with van der Waals surface area (Å²) in [6.07, 6.45) is 1.68. The van der Waals surface area contributed by atoms with Crippen molar-refractivity contribution in [2.75, 3.05) is 25.6 Å². The Morgan fingerprint density at radius 2 is 2.19 bits per heavy atom. The number of imidazole rings is 1. The van der Waals surface area contributed by atoms with Crippen molar-refractivity contribution in [1.82, 2.24) is 14.1 Å². The fourth-order valence-electron chi connectivity index (χ4n) is 2.12. The fourth-order valence-corrected chi connectivity index (χ4v) is 3.61. The molecule has 0 aliphatic carbocycles. The molecule has 0 spiro atoms. The molecule has 0 saturated heterocycles. The van der Waals surface area contributed by atoms with Crippen LogP contribution in [-0.4, -0.2) is 44.1 Å². The van der Waals surface area contributed by atoms with Crippen LogP contribution < -0.4 is 10.0 Å². The fraction of sp³-hybridized carbons (Fsp3) is 0.462. The van der Waals surface area contributed by atoms with Crippen molar-refractivity contribution < 1.29 is 13.2 Å². The van der Waals surface area contributed by atoms with Gasteiger partial charge < -0.3 is 10.1 Å². The van der Waals surface area contributed by atoms with E-state index in [9.17, 15) is 8.42 Å². The molecule has 0 aliphatic heterocycles. The Kier molecular flexibility index (Phi) is 4.81. The minimum Gasteiger partial charge on any atom is -0.383 e. The van der Waals surface area contributed by atoms with Crippen LogP contribution in [0.3, 0.4) is 0 Å². The molecular weight excluding hydrogens is 292 g/mol. The number of hydrogen-bond donors (Lipinski definition) is 2. The molecule has 0 aliphatic rings. The summed E-state index contributed by atoms with van der Waals surface area (Å²) in [5.74, 6) is 0.348. The molecule has 0 saturated carbocycles. The van der Waals surface area contributed by atoms with Gasteiger partial charge in [-0.25, -0.2) is 18.1 Å². The average molecular weight is 312 g/mol. The molecule has 2 heterocycles. The second-order valence-electron chi connectivity index (χ2n) is 4.70. The number of aromatic nitrogens is 2. The monoisotopic (exact) mass is 312 g/mol. The summed E-state index contributed by atoms with van der Waals surface area (Å²) >= 11 is 0. The summed E-state index contributed by atoms with van der Waals surface area (Å²) in [4.78, 5) is 4.32. The highest BCUT2D eigenvalue weighted by molar-refractivity contribution is 7.89. The predicted octanol–water partition coefficient (Wildman–Crippen LogP) is 1.08. The molecule has 0 aromatic carbocycles. The number of pyridine rings is 1. The molecule has 21 heavy (non-hydrogen) atoms. The van der Waals surface area contributed by atoms with Gasteiger partial charge in [0.1, 0.15) is 5.65 Å². The van der Waals surface area contributed by atoms with Gasteiger partial charge in [-0.15, -0.1) is 0 Å². The lowest BCUT2D eigenvalue weighted by molar-refractivity contribution is 0.180. The minimum absolute atomic E-state index is 0.114. The SMILES string of the molecule is CCNc1nc2ccccn2c1S(=O)(=O)NC(C)COC. The number of anilines is 1. The highest BCUT2D eigenvalue weighted by Crippen LogP contribution is 2.22. The molecule has 1 atom stereocenters. The van der Waals surface area contributed by atoms with Crippen LogP contribution in [0.5, 0.6) is 0 Å². The van der Waals surface area contributed by atoms with Crippen molar-refractivity contribution in [3.05, 3.63) is 24.4 Å². The number of nitrogens with one attached hydrogen (secondary N) is 2. The van der Waals surface area contributed by atoms with E-state index in [0.29, 0.717) is 24.6 Å². The molecule has 1 unspecified atom stereocenters. The molecule has 2 aromatic rings. The zero-order valence-corrected chi connectivity index (χ0v) is 13.1. The maximum Gasteiger partial charge on any atom is 0.260 e. The first-order valence-electron chi connectivity index (χ1n) is 6.71. The number of rotatable bonds is 7. The molecule has 116 valence electrons. The lowest BCUT2D eigenvalue weighted by Gasteiger charge is -2.14. The Balaban J connectivity index is 2.50. The number of ether oxygens (including phenoxy) is 1. The van der Waals surface area contributed by atoms with E-state index < -0.39 is 10.0 Å². The van der Waals surface area contributed by atoms with Crippen LogP contribution in [-0.2, 0) is 14.8 Å². The number of methoxy groups -OCH3 is 1. The van der Waals surface area contributed by atoms with Crippen molar-refractivity contribution in [1.29, 1.82) is 0 Å². The maximum atomic E-state index is 12.6. The van der Waals surface area contributed by atoms with Crippen LogP contribution in [0.2, 0.25) is 0 Å². The zero-order chi connectivity index (χ0) is 15.5. The topological polar surface area (TPSA) is 84.7 Å². The third kappa shape index (κ3) is 3.34. The van der Waals surface area contributed by atoms with Crippen molar-refractivity contribution in [3.8, 4) is 0 Å². The van der Waals surface area contributed by atoms with Gasteiger partial charge in [0.15, 0.2) is 10.8 Å². The van der Waals surface area contributed by atoms with E-state index in [1.807, 2.05) is 13.0 Å². The van der Waals surface area contributed by atoms with Gasteiger partial charge in [0, 0.05) is 25.9 Å². The summed E-state index contributed by atoms with van der Waals surface area (Å²) in [7, 11) is -2.18. The molecule has 2 aromatic heterocycles. The lowest BCUT2D eigenvalue weighted by atomic mass is 10.4. The molecule has 0 amide bonds. The van der Waals surface area contributed by atoms with Crippen LogP contribution in [0.15, 0.2) is 29.4 Å². The Morgan fingerprint density at radius 1 is 1.43 bits per heavy atom. The van der Waals surface area contributed by atoms with Crippen LogP contribution in [0.1, 0.15) is 13.8 Å². The minimum atomic E-state index is -3.71. The Bertz CT molecular complexity index is 711. The van der Waals surface area contributed by atoms with Gasteiger partial charge in [-0.1, -0.05) is 6.07 Å². The largest absolute Gasteiger partial charge is 0.383 e. The van der Waals surface area contributed by atoms with E-state index in [4.69, 9.17) is 4.74 Å². The first-order chi connectivity index (χ1) is 9.99. The summed E-state index contributed by atoms with van der Waals surface area (Å²) < 4.78 is 34.4. The quantitative estimate of drug-likeness (QED) is 0.799. The summed E-state index contributed by atoms with van der Waals surface area (Å²) in [6.45, 7) is 4.52. The predicted molar refractivity (Wildman–Crippen MR) is 81.0 cm³/mol. The van der Waals surface area contributed by atoms with Gasteiger partial charge in [0.2, 0.25) is 0 Å². The van der Waals surface area contributed by atoms with Crippen LogP contribution in [0.4, 0.5) is 5.82 Å². The highest BCUT2D eigenvalue weighted by atomic mass is 32.2. The number of nitrogens with zero attached hydrogens (tertiary/aromatic N) is 2.